The van der Waals surface area contributed by atoms with E-state index in [-0.39, 0.29) is 0 Å². The Kier molecular flexibility index (Phi) is 3.31. The summed E-state index contributed by atoms with van der Waals surface area (Å²) in [6.45, 7) is 3.65. The second kappa shape index (κ2) is 4.84. The lowest BCUT2D eigenvalue weighted by Gasteiger charge is -2.33. The molecule has 1 fully saturated rings. The summed E-state index contributed by atoms with van der Waals surface area (Å²) in [6, 6.07) is 8.51. The first-order chi connectivity index (χ1) is 9.11. The number of hydrogen-bond acceptors (Lipinski definition) is 3. The average molecular weight is 277 g/mol. The molecule has 19 heavy (non-hydrogen) atoms. The fourth-order valence-corrected chi connectivity index (χ4v) is 4.44. The summed E-state index contributed by atoms with van der Waals surface area (Å²) in [7, 11) is 0. The molecule has 0 amide bonds. The second-order valence-corrected chi connectivity index (χ2v) is 6.74. The third kappa shape index (κ3) is 2.17. The number of carboxylic acids is 1. The van der Waals surface area contributed by atoms with Gasteiger partial charge in [0.05, 0.1) is 0 Å². The molecule has 1 aromatic rings. The number of hydrogen-bond donors (Lipinski definition) is 1. The number of carboxylic acid groups (broad SMARTS) is 1. The smallest absolute Gasteiger partial charge is 0.323 e. The van der Waals surface area contributed by atoms with Crippen molar-refractivity contribution in [1.82, 2.24) is 4.90 Å². The largest absolute Gasteiger partial charge is 0.480 e. The van der Waals surface area contributed by atoms with E-state index in [2.05, 4.69) is 29.2 Å². The van der Waals surface area contributed by atoms with Crippen LogP contribution in [-0.4, -0.2) is 40.4 Å². The molecule has 2 unspecified atom stereocenters. The van der Waals surface area contributed by atoms with Gasteiger partial charge in [-0.05, 0) is 37.9 Å². The van der Waals surface area contributed by atoms with Crippen LogP contribution < -0.4 is 0 Å². The van der Waals surface area contributed by atoms with Gasteiger partial charge in [-0.3, -0.25) is 9.69 Å². The van der Waals surface area contributed by atoms with Gasteiger partial charge in [0.15, 0.2) is 0 Å². The molecule has 2 aliphatic rings. The van der Waals surface area contributed by atoms with Crippen LogP contribution in [0.15, 0.2) is 29.2 Å². The first-order valence-corrected chi connectivity index (χ1v) is 7.80. The van der Waals surface area contributed by atoms with Crippen LogP contribution in [0.4, 0.5) is 0 Å². The Hall–Kier alpha value is -1.00. The van der Waals surface area contributed by atoms with Gasteiger partial charge in [0, 0.05) is 23.1 Å². The molecule has 0 aromatic heterocycles. The summed E-state index contributed by atoms with van der Waals surface area (Å²) in [5.41, 5.74) is 0.731. The molecule has 1 aromatic carbocycles. The number of likely N-dealkylation sites (tertiary alicyclic amines) is 1. The number of carbonyl (C=O) groups is 1. The highest BCUT2D eigenvalue weighted by atomic mass is 32.2. The molecule has 0 bridgehead atoms. The fourth-order valence-electron chi connectivity index (χ4n) is 3.20. The Labute approximate surface area is 118 Å². The van der Waals surface area contributed by atoms with Crippen LogP contribution in [0.3, 0.4) is 0 Å². The van der Waals surface area contributed by atoms with E-state index in [1.807, 2.05) is 18.7 Å². The first kappa shape index (κ1) is 13.0. The van der Waals surface area contributed by atoms with E-state index in [1.165, 1.54) is 10.5 Å². The SMILES string of the molecule is CC1(C(=O)O)CCCN1CC1CSc2ccccc21. The van der Waals surface area contributed by atoms with Crippen molar-refractivity contribution in [2.24, 2.45) is 0 Å². The minimum atomic E-state index is -0.677. The van der Waals surface area contributed by atoms with Crippen molar-refractivity contribution in [3.8, 4) is 0 Å². The van der Waals surface area contributed by atoms with Crippen LogP contribution in [0, 0.1) is 0 Å². The molecule has 102 valence electrons. The van der Waals surface area contributed by atoms with Gasteiger partial charge in [0.25, 0.3) is 0 Å². The molecule has 0 aliphatic carbocycles. The van der Waals surface area contributed by atoms with Gasteiger partial charge < -0.3 is 5.11 Å². The highest BCUT2D eigenvalue weighted by Crippen LogP contribution is 2.41. The summed E-state index contributed by atoms with van der Waals surface area (Å²) in [5, 5.41) is 9.47. The van der Waals surface area contributed by atoms with Crippen molar-refractivity contribution in [2.45, 2.75) is 36.1 Å². The lowest BCUT2D eigenvalue weighted by atomic mass is 9.96. The van der Waals surface area contributed by atoms with Crippen molar-refractivity contribution in [3.63, 3.8) is 0 Å². The molecule has 3 rings (SSSR count). The number of thioether (sulfide) groups is 1. The van der Waals surface area contributed by atoms with Crippen molar-refractivity contribution in [1.29, 1.82) is 0 Å². The third-order valence-electron chi connectivity index (χ3n) is 4.49. The van der Waals surface area contributed by atoms with Gasteiger partial charge >= 0.3 is 5.97 Å². The summed E-state index contributed by atoms with van der Waals surface area (Å²) >= 11 is 1.89. The quantitative estimate of drug-likeness (QED) is 0.922. The van der Waals surface area contributed by atoms with Crippen molar-refractivity contribution >= 4 is 17.7 Å². The molecule has 2 atom stereocenters. The molecule has 2 heterocycles. The Bertz CT molecular complexity index is 505. The molecule has 2 aliphatic heterocycles. The number of fused-ring (bicyclic) bond motifs is 1. The van der Waals surface area contributed by atoms with Gasteiger partial charge in [0.2, 0.25) is 0 Å². The van der Waals surface area contributed by atoms with Crippen LogP contribution >= 0.6 is 11.8 Å². The monoisotopic (exact) mass is 277 g/mol. The van der Waals surface area contributed by atoms with E-state index in [0.717, 1.165) is 31.7 Å². The van der Waals surface area contributed by atoms with E-state index < -0.39 is 11.5 Å². The highest BCUT2D eigenvalue weighted by molar-refractivity contribution is 7.99. The Balaban J connectivity index is 1.78. The van der Waals surface area contributed by atoms with Crippen molar-refractivity contribution in [3.05, 3.63) is 29.8 Å². The van der Waals surface area contributed by atoms with Crippen LogP contribution in [0.2, 0.25) is 0 Å². The van der Waals surface area contributed by atoms with E-state index >= 15 is 0 Å². The maximum Gasteiger partial charge on any atom is 0.323 e. The van der Waals surface area contributed by atoms with Gasteiger partial charge in [-0.15, -0.1) is 11.8 Å². The van der Waals surface area contributed by atoms with Crippen molar-refractivity contribution < 1.29 is 9.90 Å². The second-order valence-electron chi connectivity index (χ2n) is 5.67. The topological polar surface area (TPSA) is 40.5 Å². The van der Waals surface area contributed by atoms with Gasteiger partial charge in [-0.2, -0.15) is 0 Å². The van der Waals surface area contributed by atoms with Crippen LogP contribution in [-0.2, 0) is 4.79 Å². The lowest BCUT2D eigenvalue weighted by Crippen LogP contribution is -2.49. The standard InChI is InChI=1S/C15H19NO2S/c1-15(14(17)18)7-4-8-16(15)9-11-10-19-13-6-3-2-5-12(11)13/h2-3,5-6,11H,4,7-10H2,1H3,(H,17,18). The normalized spacial score (nSPS) is 30.5. The van der Waals surface area contributed by atoms with Gasteiger partial charge in [-0.1, -0.05) is 18.2 Å². The lowest BCUT2D eigenvalue weighted by molar-refractivity contribution is -0.148. The Morgan fingerprint density at radius 1 is 1.53 bits per heavy atom. The first-order valence-electron chi connectivity index (χ1n) is 6.81. The maximum atomic E-state index is 11.5. The summed E-state index contributed by atoms with van der Waals surface area (Å²) in [5.74, 6) is 0.868. The third-order valence-corrected chi connectivity index (χ3v) is 5.74. The predicted molar refractivity (Wildman–Crippen MR) is 76.8 cm³/mol. The highest BCUT2D eigenvalue weighted by Gasteiger charge is 2.44. The van der Waals surface area contributed by atoms with Gasteiger partial charge in [0.1, 0.15) is 5.54 Å². The number of nitrogens with zero attached hydrogens (tertiary/aromatic N) is 1. The van der Waals surface area contributed by atoms with Crippen LogP contribution in [0.1, 0.15) is 31.2 Å². The molecular formula is C15H19NO2S. The zero-order chi connectivity index (χ0) is 13.5. The number of benzene rings is 1. The molecule has 0 radical (unpaired) electrons. The Morgan fingerprint density at radius 2 is 2.32 bits per heavy atom. The Morgan fingerprint density at radius 3 is 3.11 bits per heavy atom. The molecule has 0 spiro atoms. The maximum absolute atomic E-state index is 11.5. The predicted octanol–water partition coefficient (Wildman–Crippen LogP) is 2.82. The van der Waals surface area contributed by atoms with E-state index in [4.69, 9.17) is 0 Å². The average Bonchev–Trinajstić information content (AvgIpc) is 2.97. The van der Waals surface area contributed by atoms with E-state index in [0.29, 0.717) is 5.92 Å². The van der Waals surface area contributed by atoms with Crippen LogP contribution in [0.25, 0.3) is 0 Å². The van der Waals surface area contributed by atoms with E-state index in [1.54, 1.807) is 0 Å². The number of rotatable bonds is 3. The fraction of sp³-hybridized carbons (Fsp3) is 0.533. The summed E-state index contributed by atoms with van der Waals surface area (Å²) < 4.78 is 0. The molecule has 1 N–H and O–H groups in total. The molecule has 0 saturated carbocycles. The minimum absolute atomic E-state index is 0.470. The molecular weight excluding hydrogens is 258 g/mol. The molecule has 3 nitrogen and oxygen atoms in total. The van der Waals surface area contributed by atoms with Gasteiger partial charge in [-0.25, -0.2) is 0 Å². The minimum Gasteiger partial charge on any atom is -0.480 e. The summed E-state index contributed by atoms with van der Waals surface area (Å²) in [6.07, 6.45) is 1.76. The summed E-state index contributed by atoms with van der Waals surface area (Å²) in [4.78, 5) is 15.0. The van der Waals surface area contributed by atoms with Crippen molar-refractivity contribution in [2.75, 3.05) is 18.8 Å². The number of aliphatic carboxylic acids is 1. The molecule has 4 heteroatoms. The van der Waals surface area contributed by atoms with E-state index in [9.17, 15) is 9.90 Å². The van der Waals surface area contributed by atoms with Crippen LogP contribution in [0.5, 0.6) is 0 Å². The zero-order valence-corrected chi connectivity index (χ0v) is 11.9. The molecule has 1 saturated heterocycles. The zero-order valence-electron chi connectivity index (χ0n) is 11.1.